The van der Waals surface area contributed by atoms with E-state index in [4.69, 9.17) is 0 Å². The van der Waals surface area contributed by atoms with Gasteiger partial charge in [-0.25, -0.2) is 9.50 Å². The highest BCUT2D eigenvalue weighted by molar-refractivity contribution is 5.41. The number of aromatic amines is 1. The largest absolute Gasteiger partial charge is 0.293 e. The quantitative estimate of drug-likeness (QED) is 0.936. The Labute approximate surface area is 124 Å². The SMILES string of the molecule is O=c1cc(CCC2CCCCC2)nc2cc(C3CC3)[nH]n12. The summed E-state index contributed by atoms with van der Waals surface area (Å²) in [5, 5.41) is 3.20. The molecule has 0 spiro atoms. The van der Waals surface area contributed by atoms with Crippen molar-refractivity contribution in [2.45, 2.75) is 63.7 Å². The van der Waals surface area contributed by atoms with Crippen molar-refractivity contribution >= 4 is 5.65 Å². The Balaban J connectivity index is 1.53. The van der Waals surface area contributed by atoms with Crippen LogP contribution in [0.5, 0.6) is 0 Å². The second-order valence-electron chi connectivity index (χ2n) is 6.81. The molecule has 2 fully saturated rings. The molecule has 0 saturated heterocycles. The lowest BCUT2D eigenvalue weighted by Crippen LogP contribution is -2.16. The first kappa shape index (κ1) is 13.1. The van der Waals surface area contributed by atoms with Gasteiger partial charge in [-0.15, -0.1) is 0 Å². The fourth-order valence-electron chi connectivity index (χ4n) is 3.62. The second-order valence-corrected chi connectivity index (χ2v) is 6.81. The first-order chi connectivity index (χ1) is 10.3. The van der Waals surface area contributed by atoms with Crippen LogP contribution >= 0.6 is 0 Å². The fraction of sp³-hybridized carbons (Fsp3) is 0.647. The van der Waals surface area contributed by atoms with Gasteiger partial charge in [-0.3, -0.25) is 9.89 Å². The zero-order valence-electron chi connectivity index (χ0n) is 12.5. The average molecular weight is 285 g/mol. The number of fused-ring (bicyclic) bond motifs is 1. The maximum absolute atomic E-state index is 12.2. The van der Waals surface area contributed by atoms with Crippen molar-refractivity contribution in [2.75, 3.05) is 0 Å². The summed E-state index contributed by atoms with van der Waals surface area (Å²) in [5.74, 6) is 1.46. The molecule has 0 aromatic carbocycles. The molecule has 1 N–H and O–H groups in total. The number of H-pyrrole nitrogens is 1. The molecule has 0 bridgehead atoms. The van der Waals surface area contributed by atoms with Gasteiger partial charge in [0.1, 0.15) is 0 Å². The van der Waals surface area contributed by atoms with E-state index < -0.39 is 0 Å². The van der Waals surface area contributed by atoms with Crippen LogP contribution in [0.25, 0.3) is 5.65 Å². The molecule has 2 aromatic heterocycles. The molecule has 0 amide bonds. The Morgan fingerprint density at radius 2 is 1.95 bits per heavy atom. The molecule has 21 heavy (non-hydrogen) atoms. The van der Waals surface area contributed by atoms with E-state index in [2.05, 4.69) is 16.1 Å². The molecule has 4 heteroatoms. The van der Waals surface area contributed by atoms with Crippen molar-refractivity contribution in [3.8, 4) is 0 Å². The lowest BCUT2D eigenvalue weighted by Gasteiger charge is -2.20. The average Bonchev–Trinajstić information content (AvgIpc) is 3.26. The zero-order chi connectivity index (χ0) is 14.2. The van der Waals surface area contributed by atoms with Crippen molar-refractivity contribution in [1.82, 2.24) is 14.6 Å². The molecule has 2 aliphatic rings. The Bertz CT molecular complexity index is 690. The fourth-order valence-corrected chi connectivity index (χ4v) is 3.62. The minimum Gasteiger partial charge on any atom is -0.293 e. The summed E-state index contributed by atoms with van der Waals surface area (Å²) in [4.78, 5) is 16.9. The molecule has 4 nitrogen and oxygen atoms in total. The normalized spacial score (nSPS) is 20.2. The van der Waals surface area contributed by atoms with Gasteiger partial charge in [-0.2, -0.15) is 0 Å². The monoisotopic (exact) mass is 285 g/mol. The van der Waals surface area contributed by atoms with E-state index in [9.17, 15) is 4.79 Å². The van der Waals surface area contributed by atoms with E-state index >= 15 is 0 Å². The predicted molar refractivity (Wildman–Crippen MR) is 82.7 cm³/mol. The highest BCUT2D eigenvalue weighted by Gasteiger charge is 2.26. The second kappa shape index (κ2) is 5.32. The minimum absolute atomic E-state index is 0.0329. The number of aromatic nitrogens is 3. The van der Waals surface area contributed by atoms with Crippen LogP contribution in [-0.2, 0) is 6.42 Å². The topological polar surface area (TPSA) is 50.2 Å². The van der Waals surface area contributed by atoms with Gasteiger partial charge in [-0.1, -0.05) is 32.1 Å². The van der Waals surface area contributed by atoms with E-state index in [-0.39, 0.29) is 5.56 Å². The summed E-state index contributed by atoms with van der Waals surface area (Å²) < 4.78 is 1.60. The predicted octanol–water partition coefficient (Wildman–Crippen LogP) is 3.41. The smallest absolute Gasteiger partial charge is 0.272 e. The van der Waals surface area contributed by atoms with Crippen LogP contribution in [0.2, 0.25) is 0 Å². The van der Waals surface area contributed by atoms with Crippen molar-refractivity contribution < 1.29 is 0 Å². The third-order valence-corrected chi connectivity index (χ3v) is 5.07. The van der Waals surface area contributed by atoms with Crippen LogP contribution in [0.1, 0.15) is 68.7 Å². The molecule has 112 valence electrons. The summed E-state index contributed by atoms with van der Waals surface area (Å²) in [5.41, 5.74) is 2.96. The summed E-state index contributed by atoms with van der Waals surface area (Å²) in [6.45, 7) is 0. The van der Waals surface area contributed by atoms with Crippen molar-refractivity contribution in [3.63, 3.8) is 0 Å². The van der Waals surface area contributed by atoms with Crippen molar-refractivity contribution in [2.24, 2.45) is 5.92 Å². The number of hydrogen-bond donors (Lipinski definition) is 1. The van der Waals surface area contributed by atoms with E-state index in [1.807, 2.05) is 0 Å². The summed E-state index contributed by atoms with van der Waals surface area (Å²) in [7, 11) is 0. The first-order valence-corrected chi connectivity index (χ1v) is 8.41. The molecule has 0 unspecified atom stereocenters. The van der Waals surface area contributed by atoms with E-state index in [1.54, 1.807) is 10.6 Å². The Hall–Kier alpha value is -1.58. The van der Waals surface area contributed by atoms with Gasteiger partial charge in [0, 0.05) is 29.4 Å². The number of hydrogen-bond acceptors (Lipinski definition) is 2. The summed E-state index contributed by atoms with van der Waals surface area (Å²) in [6, 6.07) is 3.77. The molecular formula is C17H23N3O. The van der Waals surface area contributed by atoms with Gasteiger partial charge in [0.05, 0.1) is 0 Å². The maximum Gasteiger partial charge on any atom is 0.272 e. The van der Waals surface area contributed by atoms with Gasteiger partial charge in [-0.05, 0) is 31.6 Å². The molecule has 2 saturated carbocycles. The van der Waals surface area contributed by atoms with Crippen LogP contribution in [0, 0.1) is 5.92 Å². The highest BCUT2D eigenvalue weighted by atomic mass is 16.1. The van der Waals surface area contributed by atoms with Gasteiger partial charge >= 0.3 is 0 Å². The van der Waals surface area contributed by atoms with Crippen LogP contribution in [0.4, 0.5) is 0 Å². The number of rotatable bonds is 4. The van der Waals surface area contributed by atoms with Gasteiger partial charge in [0.15, 0.2) is 5.65 Å². The molecule has 0 aliphatic heterocycles. The van der Waals surface area contributed by atoms with Crippen molar-refractivity contribution in [1.29, 1.82) is 0 Å². The third-order valence-electron chi connectivity index (χ3n) is 5.07. The maximum atomic E-state index is 12.2. The summed E-state index contributed by atoms with van der Waals surface area (Å²) in [6.07, 6.45) is 11.5. The number of nitrogens with zero attached hydrogens (tertiary/aromatic N) is 2. The van der Waals surface area contributed by atoms with E-state index in [0.29, 0.717) is 5.92 Å². The number of aryl methyl sites for hydroxylation is 1. The van der Waals surface area contributed by atoms with Crippen LogP contribution in [0.3, 0.4) is 0 Å². The van der Waals surface area contributed by atoms with E-state index in [0.717, 1.165) is 23.7 Å². The van der Waals surface area contributed by atoms with Crippen LogP contribution in [0.15, 0.2) is 16.9 Å². The van der Waals surface area contributed by atoms with Crippen LogP contribution < -0.4 is 5.56 Å². The zero-order valence-corrected chi connectivity index (χ0v) is 12.5. The van der Waals surface area contributed by atoms with Gasteiger partial charge in [0.25, 0.3) is 5.56 Å². The lowest BCUT2D eigenvalue weighted by atomic mass is 9.86. The molecule has 0 radical (unpaired) electrons. The molecular weight excluding hydrogens is 262 g/mol. The molecule has 4 rings (SSSR count). The molecule has 0 atom stereocenters. The Morgan fingerprint density at radius 3 is 2.71 bits per heavy atom. The van der Waals surface area contributed by atoms with Crippen LogP contribution in [-0.4, -0.2) is 14.6 Å². The standard InChI is InChI=1S/C17H23N3O/c21-17-10-14(9-6-12-4-2-1-3-5-12)18-16-11-15(13-7-8-13)19-20(16)17/h10-13,19H,1-9H2. The summed E-state index contributed by atoms with van der Waals surface area (Å²) >= 11 is 0. The number of nitrogens with one attached hydrogen (secondary N) is 1. The minimum atomic E-state index is 0.0329. The molecule has 2 heterocycles. The van der Waals surface area contributed by atoms with Gasteiger partial charge in [0.2, 0.25) is 0 Å². The Kier molecular flexibility index (Phi) is 3.32. The Morgan fingerprint density at radius 1 is 1.14 bits per heavy atom. The third kappa shape index (κ3) is 2.76. The highest BCUT2D eigenvalue weighted by Crippen LogP contribution is 2.39. The first-order valence-electron chi connectivity index (χ1n) is 8.41. The molecule has 2 aliphatic carbocycles. The van der Waals surface area contributed by atoms with Crippen molar-refractivity contribution in [3.05, 3.63) is 33.9 Å². The van der Waals surface area contributed by atoms with Gasteiger partial charge < -0.3 is 0 Å². The molecule has 2 aromatic rings. The lowest BCUT2D eigenvalue weighted by molar-refractivity contribution is 0.338. The van der Waals surface area contributed by atoms with E-state index in [1.165, 1.54) is 57.1 Å².